The van der Waals surface area contributed by atoms with E-state index >= 15 is 0 Å². The molecule has 0 spiro atoms. The van der Waals surface area contributed by atoms with Gasteiger partial charge < -0.3 is 5.32 Å². The Morgan fingerprint density at radius 2 is 1.73 bits per heavy atom. The van der Waals surface area contributed by atoms with E-state index in [9.17, 15) is 18.0 Å². The van der Waals surface area contributed by atoms with Crippen LogP contribution in [0.4, 0.5) is 23.7 Å². The molecule has 0 unspecified atom stereocenters. The van der Waals surface area contributed by atoms with Crippen molar-refractivity contribution in [3.63, 3.8) is 0 Å². The molecule has 3 rings (SSSR count). The maximum Gasteiger partial charge on any atom is 0.322 e. The molecule has 1 heterocycles. The smallest absolute Gasteiger partial charge is 0.322 e. The number of nitrogens with one attached hydrogen (secondary N) is 1. The van der Waals surface area contributed by atoms with Crippen molar-refractivity contribution in [1.29, 1.82) is 0 Å². The zero-order valence-electron chi connectivity index (χ0n) is 11.6. The third kappa shape index (κ3) is 2.77. The molecule has 0 atom stereocenters. The van der Waals surface area contributed by atoms with Gasteiger partial charge in [0.25, 0.3) is 0 Å². The number of hydrogen-bond donors (Lipinski definition) is 1. The molecule has 1 aliphatic heterocycles. The topological polar surface area (TPSA) is 32.3 Å². The Labute approximate surface area is 125 Å². The van der Waals surface area contributed by atoms with E-state index in [1.54, 1.807) is 12.1 Å². The van der Waals surface area contributed by atoms with E-state index in [0.717, 1.165) is 17.7 Å². The number of hydrogen-bond acceptors (Lipinski definition) is 1. The Morgan fingerprint density at radius 1 is 1.05 bits per heavy atom. The molecule has 0 saturated heterocycles. The van der Waals surface area contributed by atoms with Crippen molar-refractivity contribution >= 4 is 11.7 Å². The average molecular weight is 306 g/mol. The lowest BCUT2D eigenvalue weighted by atomic mass is 10.1. The molecule has 0 aromatic heterocycles. The zero-order valence-corrected chi connectivity index (χ0v) is 11.6. The van der Waals surface area contributed by atoms with Gasteiger partial charge in [-0.05, 0) is 35.7 Å². The zero-order chi connectivity index (χ0) is 15.7. The molecule has 6 heteroatoms. The van der Waals surface area contributed by atoms with Gasteiger partial charge in [0.1, 0.15) is 5.82 Å². The summed E-state index contributed by atoms with van der Waals surface area (Å²) in [7, 11) is 0. The molecule has 1 N–H and O–H groups in total. The van der Waals surface area contributed by atoms with Crippen LogP contribution in [0, 0.1) is 17.5 Å². The summed E-state index contributed by atoms with van der Waals surface area (Å²) in [5.41, 5.74) is 1.74. The Bertz CT molecular complexity index is 716. The van der Waals surface area contributed by atoms with Crippen LogP contribution >= 0.6 is 0 Å². The van der Waals surface area contributed by atoms with E-state index in [1.807, 2.05) is 0 Å². The van der Waals surface area contributed by atoms with Gasteiger partial charge in [-0.25, -0.2) is 18.0 Å². The molecule has 2 aromatic carbocycles. The summed E-state index contributed by atoms with van der Waals surface area (Å²) in [5.74, 6) is -2.25. The summed E-state index contributed by atoms with van der Waals surface area (Å²) in [6, 6.07) is 7.71. The van der Waals surface area contributed by atoms with E-state index in [2.05, 4.69) is 5.32 Å². The SMILES string of the molecule is O=C1NCc2cc(F)c(F)cc2N1CCc1ccc(F)cc1. The summed E-state index contributed by atoms with van der Waals surface area (Å²) >= 11 is 0. The first kappa shape index (κ1) is 14.4. The van der Waals surface area contributed by atoms with E-state index < -0.39 is 11.6 Å². The predicted octanol–water partition coefficient (Wildman–Crippen LogP) is 3.38. The minimum absolute atomic E-state index is 0.165. The van der Waals surface area contributed by atoms with Gasteiger partial charge in [0.2, 0.25) is 0 Å². The Hall–Kier alpha value is -2.50. The maximum absolute atomic E-state index is 13.4. The third-order valence-electron chi connectivity index (χ3n) is 3.62. The van der Waals surface area contributed by atoms with Gasteiger partial charge in [0.15, 0.2) is 11.6 Å². The fourth-order valence-electron chi connectivity index (χ4n) is 2.46. The van der Waals surface area contributed by atoms with E-state index in [0.29, 0.717) is 17.7 Å². The lowest BCUT2D eigenvalue weighted by Crippen LogP contribution is -2.45. The number of benzene rings is 2. The summed E-state index contributed by atoms with van der Waals surface area (Å²) in [5, 5.41) is 2.62. The van der Waals surface area contributed by atoms with Crippen molar-refractivity contribution in [1.82, 2.24) is 5.32 Å². The van der Waals surface area contributed by atoms with Crippen molar-refractivity contribution in [2.24, 2.45) is 0 Å². The standard InChI is InChI=1S/C16H13F3N2O/c17-12-3-1-10(2-4-12)5-6-21-15-8-14(19)13(18)7-11(15)9-20-16(21)22/h1-4,7-8H,5-6,9H2,(H,20,22). The number of amides is 2. The number of carbonyl (C=O) groups excluding carboxylic acids is 1. The number of carbonyl (C=O) groups is 1. The van der Waals surface area contributed by atoms with E-state index in [4.69, 9.17) is 0 Å². The largest absolute Gasteiger partial charge is 0.334 e. The highest BCUT2D eigenvalue weighted by atomic mass is 19.2. The predicted molar refractivity (Wildman–Crippen MR) is 76.0 cm³/mol. The molecular formula is C16H13F3N2O. The highest BCUT2D eigenvalue weighted by Gasteiger charge is 2.25. The molecular weight excluding hydrogens is 293 g/mol. The number of fused-ring (bicyclic) bond motifs is 1. The lowest BCUT2D eigenvalue weighted by molar-refractivity contribution is 0.244. The van der Waals surface area contributed by atoms with Crippen LogP contribution in [0.3, 0.4) is 0 Å². The molecule has 3 nitrogen and oxygen atoms in total. The highest BCUT2D eigenvalue weighted by Crippen LogP contribution is 2.27. The van der Waals surface area contributed by atoms with Crippen LogP contribution in [0.15, 0.2) is 36.4 Å². The first-order chi connectivity index (χ1) is 10.5. The maximum atomic E-state index is 13.4. The molecule has 114 valence electrons. The van der Waals surface area contributed by atoms with Crippen LogP contribution in [0.25, 0.3) is 0 Å². The second kappa shape index (κ2) is 5.71. The summed E-state index contributed by atoms with van der Waals surface area (Å²) < 4.78 is 39.6. The fraction of sp³-hybridized carbons (Fsp3) is 0.188. The van der Waals surface area contributed by atoms with Crippen LogP contribution in [-0.4, -0.2) is 12.6 Å². The first-order valence-corrected chi connectivity index (χ1v) is 6.82. The van der Waals surface area contributed by atoms with Gasteiger partial charge in [-0.3, -0.25) is 4.90 Å². The number of nitrogens with zero attached hydrogens (tertiary/aromatic N) is 1. The van der Waals surface area contributed by atoms with Crippen LogP contribution < -0.4 is 10.2 Å². The third-order valence-corrected chi connectivity index (χ3v) is 3.62. The van der Waals surface area contributed by atoms with Crippen molar-refractivity contribution in [2.45, 2.75) is 13.0 Å². The minimum Gasteiger partial charge on any atom is -0.334 e. The second-order valence-electron chi connectivity index (χ2n) is 5.08. The molecule has 0 fully saturated rings. The number of anilines is 1. The molecule has 0 aliphatic carbocycles. The van der Waals surface area contributed by atoms with Gasteiger partial charge in [-0.1, -0.05) is 12.1 Å². The van der Waals surface area contributed by atoms with E-state index in [-0.39, 0.29) is 24.9 Å². The van der Waals surface area contributed by atoms with Gasteiger partial charge >= 0.3 is 6.03 Å². The van der Waals surface area contributed by atoms with Crippen LogP contribution in [0.5, 0.6) is 0 Å². The van der Waals surface area contributed by atoms with Crippen LogP contribution in [0.1, 0.15) is 11.1 Å². The molecule has 22 heavy (non-hydrogen) atoms. The highest BCUT2D eigenvalue weighted by molar-refractivity contribution is 5.94. The van der Waals surface area contributed by atoms with Crippen LogP contribution in [-0.2, 0) is 13.0 Å². The van der Waals surface area contributed by atoms with Crippen molar-refractivity contribution in [3.05, 3.63) is 65.0 Å². The molecule has 0 saturated carbocycles. The minimum atomic E-state index is -0.986. The van der Waals surface area contributed by atoms with Crippen LogP contribution in [0.2, 0.25) is 0 Å². The molecule has 0 radical (unpaired) electrons. The van der Waals surface area contributed by atoms with E-state index in [1.165, 1.54) is 17.0 Å². The quantitative estimate of drug-likeness (QED) is 0.926. The Balaban J connectivity index is 1.83. The van der Waals surface area contributed by atoms with Gasteiger partial charge in [0, 0.05) is 19.2 Å². The Morgan fingerprint density at radius 3 is 2.45 bits per heavy atom. The monoisotopic (exact) mass is 306 g/mol. The van der Waals surface area contributed by atoms with Crippen molar-refractivity contribution in [3.8, 4) is 0 Å². The summed E-state index contributed by atoms with van der Waals surface area (Å²) in [6.07, 6.45) is 0.478. The fourth-order valence-corrected chi connectivity index (χ4v) is 2.46. The second-order valence-corrected chi connectivity index (χ2v) is 5.08. The van der Waals surface area contributed by atoms with Crippen molar-refractivity contribution < 1.29 is 18.0 Å². The Kier molecular flexibility index (Phi) is 3.75. The summed E-state index contributed by atoms with van der Waals surface area (Å²) in [4.78, 5) is 13.3. The molecule has 0 bridgehead atoms. The normalized spacial score (nSPS) is 13.8. The first-order valence-electron chi connectivity index (χ1n) is 6.82. The lowest BCUT2D eigenvalue weighted by Gasteiger charge is -2.30. The average Bonchev–Trinajstić information content (AvgIpc) is 2.50. The molecule has 2 aromatic rings. The number of rotatable bonds is 3. The molecule has 2 amide bonds. The number of halogens is 3. The summed E-state index contributed by atoms with van der Waals surface area (Å²) in [6.45, 7) is 0.452. The van der Waals surface area contributed by atoms with Gasteiger partial charge in [-0.15, -0.1) is 0 Å². The van der Waals surface area contributed by atoms with Crippen molar-refractivity contribution in [2.75, 3.05) is 11.4 Å². The number of urea groups is 1. The molecule has 1 aliphatic rings. The van der Waals surface area contributed by atoms with Gasteiger partial charge in [0.05, 0.1) is 5.69 Å². The van der Waals surface area contributed by atoms with Gasteiger partial charge in [-0.2, -0.15) is 0 Å².